The summed E-state index contributed by atoms with van der Waals surface area (Å²) in [5, 5.41) is 20.9. The van der Waals surface area contributed by atoms with Crippen LogP contribution in [0.1, 0.15) is 12.8 Å². The van der Waals surface area contributed by atoms with Gasteiger partial charge in [-0.05, 0) is 31.8 Å². The summed E-state index contributed by atoms with van der Waals surface area (Å²) in [5.74, 6) is -1.22. The molecule has 0 aromatic carbocycles. The van der Waals surface area contributed by atoms with Crippen LogP contribution < -0.4 is 5.32 Å². The van der Waals surface area contributed by atoms with Crippen molar-refractivity contribution in [3.8, 4) is 0 Å². The highest BCUT2D eigenvalue weighted by Crippen LogP contribution is 2.20. The molecule has 4 heteroatoms. The Hall–Kier alpha value is -0.610. The van der Waals surface area contributed by atoms with E-state index in [0.717, 1.165) is 19.5 Å². The van der Waals surface area contributed by atoms with Crippen LogP contribution in [-0.2, 0) is 4.79 Å². The highest BCUT2D eigenvalue weighted by molar-refractivity contribution is 5.70. The summed E-state index contributed by atoms with van der Waals surface area (Å²) >= 11 is 0. The molecule has 1 aliphatic rings. The van der Waals surface area contributed by atoms with Gasteiger partial charge in [-0.2, -0.15) is 0 Å². The number of hydrogen-bond acceptors (Lipinski definition) is 3. The minimum Gasteiger partial charge on any atom is -0.481 e. The summed E-state index contributed by atoms with van der Waals surface area (Å²) in [6.45, 7) is 1.54. The van der Waals surface area contributed by atoms with E-state index in [1.54, 1.807) is 0 Å². The summed E-state index contributed by atoms with van der Waals surface area (Å²) < 4.78 is 0. The van der Waals surface area contributed by atoms with Gasteiger partial charge in [0.1, 0.15) is 0 Å². The number of rotatable bonds is 2. The van der Waals surface area contributed by atoms with E-state index in [1.165, 1.54) is 0 Å². The summed E-state index contributed by atoms with van der Waals surface area (Å²) in [4.78, 5) is 10.7. The van der Waals surface area contributed by atoms with Gasteiger partial charge in [0.15, 0.2) is 0 Å². The molecule has 0 radical (unpaired) electrons. The van der Waals surface area contributed by atoms with Crippen molar-refractivity contribution in [2.75, 3.05) is 19.7 Å². The van der Waals surface area contributed by atoms with E-state index < -0.39 is 5.97 Å². The molecule has 1 fully saturated rings. The molecule has 70 valence electrons. The monoisotopic (exact) mass is 173 g/mol. The number of carbonyl (C=O) groups is 1. The fourth-order valence-electron chi connectivity index (χ4n) is 1.65. The fourth-order valence-corrected chi connectivity index (χ4v) is 1.65. The van der Waals surface area contributed by atoms with E-state index in [9.17, 15) is 4.79 Å². The van der Waals surface area contributed by atoms with E-state index in [-0.39, 0.29) is 18.4 Å². The molecule has 0 aromatic rings. The van der Waals surface area contributed by atoms with Crippen molar-refractivity contribution in [2.45, 2.75) is 12.8 Å². The van der Waals surface area contributed by atoms with Gasteiger partial charge in [-0.3, -0.25) is 4.79 Å². The smallest absolute Gasteiger partial charge is 0.306 e. The first kappa shape index (κ1) is 9.48. The van der Waals surface area contributed by atoms with Crippen LogP contribution in [0.25, 0.3) is 0 Å². The molecule has 12 heavy (non-hydrogen) atoms. The molecule has 0 unspecified atom stereocenters. The van der Waals surface area contributed by atoms with E-state index >= 15 is 0 Å². The zero-order chi connectivity index (χ0) is 8.97. The molecule has 0 bridgehead atoms. The van der Waals surface area contributed by atoms with Crippen molar-refractivity contribution < 1.29 is 15.0 Å². The summed E-state index contributed by atoms with van der Waals surface area (Å²) in [7, 11) is 0. The van der Waals surface area contributed by atoms with Gasteiger partial charge in [-0.25, -0.2) is 0 Å². The topological polar surface area (TPSA) is 69.6 Å². The normalized spacial score (nSPS) is 31.1. The summed E-state index contributed by atoms with van der Waals surface area (Å²) in [6, 6.07) is 0. The predicted molar refractivity (Wildman–Crippen MR) is 43.8 cm³/mol. The van der Waals surface area contributed by atoms with Crippen molar-refractivity contribution in [1.82, 2.24) is 5.32 Å². The lowest BCUT2D eigenvalue weighted by Crippen LogP contribution is -2.26. The van der Waals surface area contributed by atoms with E-state index in [2.05, 4.69) is 5.32 Å². The van der Waals surface area contributed by atoms with Gasteiger partial charge < -0.3 is 15.5 Å². The number of carboxylic acids is 1. The number of hydrogen-bond donors (Lipinski definition) is 3. The Morgan fingerprint density at radius 3 is 2.67 bits per heavy atom. The Balaban J connectivity index is 2.57. The lowest BCUT2D eigenvalue weighted by atomic mass is 9.89. The second-order valence-electron chi connectivity index (χ2n) is 3.21. The number of aliphatic carboxylic acids is 1. The van der Waals surface area contributed by atoms with Crippen molar-refractivity contribution in [3.05, 3.63) is 0 Å². The first-order chi connectivity index (χ1) is 5.75. The molecule has 1 aliphatic heterocycles. The van der Waals surface area contributed by atoms with E-state index in [1.807, 2.05) is 0 Å². The second-order valence-corrected chi connectivity index (χ2v) is 3.21. The molecule has 0 spiro atoms. The van der Waals surface area contributed by atoms with E-state index in [0.29, 0.717) is 6.42 Å². The summed E-state index contributed by atoms with van der Waals surface area (Å²) in [6.07, 6.45) is 1.38. The molecule has 1 saturated heterocycles. The fraction of sp³-hybridized carbons (Fsp3) is 0.875. The zero-order valence-electron chi connectivity index (χ0n) is 6.99. The van der Waals surface area contributed by atoms with Gasteiger partial charge >= 0.3 is 5.97 Å². The van der Waals surface area contributed by atoms with Gasteiger partial charge in [0.05, 0.1) is 5.92 Å². The van der Waals surface area contributed by atoms with Crippen LogP contribution in [0.3, 0.4) is 0 Å². The molecule has 3 N–H and O–H groups in total. The van der Waals surface area contributed by atoms with Crippen LogP contribution in [0.5, 0.6) is 0 Å². The van der Waals surface area contributed by atoms with Crippen molar-refractivity contribution >= 4 is 5.97 Å². The average molecular weight is 173 g/mol. The third kappa shape index (κ3) is 2.19. The van der Waals surface area contributed by atoms with Crippen LogP contribution in [0, 0.1) is 11.8 Å². The van der Waals surface area contributed by atoms with Crippen molar-refractivity contribution in [1.29, 1.82) is 0 Å². The summed E-state index contributed by atoms with van der Waals surface area (Å²) in [5.41, 5.74) is 0. The standard InChI is InChI=1S/C8H15NO3/c10-5-6-1-3-9-4-2-7(6)8(11)12/h6-7,9-10H,1-5H2,(H,11,12)/t6-,7-/m1/s1. The molecule has 4 nitrogen and oxygen atoms in total. The maximum atomic E-state index is 10.7. The number of aliphatic hydroxyl groups excluding tert-OH is 1. The molecule has 1 heterocycles. The quantitative estimate of drug-likeness (QED) is 0.535. The van der Waals surface area contributed by atoms with E-state index in [4.69, 9.17) is 10.2 Å². The molecule has 0 aliphatic carbocycles. The Bertz CT molecular complexity index is 160. The number of aliphatic hydroxyl groups is 1. The number of carboxylic acid groups (broad SMARTS) is 1. The van der Waals surface area contributed by atoms with Gasteiger partial charge in [0, 0.05) is 6.61 Å². The average Bonchev–Trinajstić information content (AvgIpc) is 2.27. The van der Waals surface area contributed by atoms with Crippen LogP contribution in [0.2, 0.25) is 0 Å². The lowest BCUT2D eigenvalue weighted by Gasteiger charge is -2.17. The van der Waals surface area contributed by atoms with Crippen molar-refractivity contribution in [3.63, 3.8) is 0 Å². The first-order valence-electron chi connectivity index (χ1n) is 4.30. The molecule has 0 saturated carbocycles. The Kier molecular flexibility index (Phi) is 3.49. The van der Waals surface area contributed by atoms with Gasteiger partial charge in [0.2, 0.25) is 0 Å². The number of nitrogens with one attached hydrogen (secondary N) is 1. The highest BCUT2D eigenvalue weighted by atomic mass is 16.4. The SMILES string of the molecule is O=C(O)[C@@H]1CCNCC[C@@H]1CO. The largest absolute Gasteiger partial charge is 0.481 e. The van der Waals surface area contributed by atoms with Crippen LogP contribution in [0.4, 0.5) is 0 Å². The Morgan fingerprint density at radius 1 is 1.42 bits per heavy atom. The van der Waals surface area contributed by atoms with Gasteiger partial charge in [-0.1, -0.05) is 0 Å². The maximum absolute atomic E-state index is 10.7. The minimum atomic E-state index is -0.780. The minimum absolute atomic E-state index is 0.0152. The lowest BCUT2D eigenvalue weighted by molar-refractivity contribution is -0.144. The van der Waals surface area contributed by atoms with Gasteiger partial charge in [0.25, 0.3) is 0 Å². The molecule has 1 rings (SSSR count). The van der Waals surface area contributed by atoms with Gasteiger partial charge in [-0.15, -0.1) is 0 Å². The maximum Gasteiger partial charge on any atom is 0.306 e. The molecule has 0 amide bonds. The molecule has 2 atom stereocenters. The third-order valence-electron chi connectivity index (χ3n) is 2.44. The second kappa shape index (κ2) is 4.42. The predicted octanol–water partition coefficient (Wildman–Crippen LogP) is -0.321. The van der Waals surface area contributed by atoms with Crippen LogP contribution in [0.15, 0.2) is 0 Å². The Morgan fingerprint density at radius 2 is 2.08 bits per heavy atom. The molecule has 0 aromatic heterocycles. The first-order valence-corrected chi connectivity index (χ1v) is 4.30. The molecular formula is C8H15NO3. The highest BCUT2D eigenvalue weighted by Gasteiger charge is 2.28. The van der Waals surface area contributed by atoms with Crippen LogP contribution in [-0.4, -0.2) is 35.9 Å². The Labute approximate surface area is 71.6 Å². The zero-order valence-corrected chi connectivity index (χ0v) is 6.99. The molecular weight excluding hydrogens is 158 g/mol. The van der Waals surface area contributed by atoms with Crippen molar-refractivity contribution in [2.24, 2.45) is 11.8 Å². The third-order valence-corrected chi connectivity index (χ3v) is 2.44. The van der Waals surface area contributed by atoms with Crippen LogP contribution >= 0.6 is 0 Å².